The molecule has 0 aliphatic carbocycles. The summed E-state index contributed by atoms with van der Waals surface area (Å²) in [6.45, 7) is 4.63. The molecule has 1 rings (SSSR count). The topological polar surface area (TPSA) is 46.6 Å². The van der Waals surface area contributed by atoms with Crippen LogP contribution >= 0.6 is 11.6 Å². The molecule has 116 valence electrons. The minimum Gasteiger partial charge on any atom is -0.444 e. The van der Waals surface area contributed by atoms with Crippen molar-refractivity contribution in [3.05, 3.63) is 34.3 Å². The quantitative estimate of drug-likeness (QED) is 0.775. The number of ether oxygens (including phenoxy) is 1. The summed E-state index contributed by atoms with van der Waals surface area (Å²) in [7, 11) is 0. The normalized spacial score (nSPS) is 11.1. The van der Waals surface area contributed by atoms with E-state index in [2.05, 4.69) is 0 Å². The number of aldehydes is 1. The van der Waals surface area contributed by atoms with E-state index < -0.39 is 18.4 Å². The minimum absolute atomic E-state index is 0.0754. The van der Waals surface area contributed by atoms with Crippen molar-refractivity contribution in [1.29, 1.82) is 0 Å². The van der Waals surface area contributed by atoms with E-state index in [0.717, 1.165) is 0 Å². The van der Waals surface area contributed by atoms with Crippen LogP contribution in [0, 0.1) is 0 Å². The highest BCUT2D eigenvalue weighted by Crippen LogP contribution is 2.18. The van der Waals surface area contributed by atoms with Crippen LogP contribution in [0.25, 0.3) is 0 Å². The molecular formula is C15H19ClFNO3. The molecule has 0 saturated carbocycles. The first-order valence-electron chi connectivity index (χ1n) is 6.54. The maximum Gasteiger partial charge on any atom is 0.410 e. The Bertz CT molecular complexity index is 514. The minimum atomic E-state index is -0.673. The second-order valence-corrected chi connectivity index (χ2v) is 5.97. The summed E-state index contributed by atoms with van der Waals surface area (Å²) in [4.78, 5) is 24.1. The Morgan fingerprint density at radius 1 is 1.43 bits per heavy atom. The van der Waals surface area contributed by atoms with Crippen LogP contribution in [0.15, 0.2) is 18.2 Å². The molecule has 0 atom stereocenters. The molecule has 6 heteroatoms. The van der Waals surface area contributed by atoms with Crippen LogP contribution in [0.5, 0.6) is 0 Å². The van der Waals surface area contributed by atoms with E-state index >= 15 is 0 Å². The van der Waals surface area contributed by atoms with Gasteiger partial charge in [0.25, 0.3) is 0 Å². The van der Waals surface area contributed by atoms with E-state index in [1.807, 2.05) is 0 Å². The lowest BCUT2D eigenvalue weighted by Gasteiger charge is -2.27. The third kappa shape index (κ3) is 5.71. The molecule has 0 aliphatic rings. The fraction of sp³-hybridized carbons (Fsp3) is 0.467. The largest absolute Gasteiger partial charge is 0.444 e. The van der Waals surface area contributed by atoms with Gasteiger partial charge in [0.15, 0.2) is 6.29 Å². The van der Waals surface area contributed by atoms with E-state index in [1.165, 1.54) is 4.90 Å². The Morgan fingerprint density at radius 3 is 2.62 bits per heavy atom. The molecule has 0 saturated heterocycles. The van der Waals surface area contributed by atoms with Gasteiger partial charge in [-0.05, 0) is 38.5 Å². The average Bonchev–Trinajstić information content (AvgIpc) is 2.38. The molecule has 0 heterocycles. The van der Waals surface area contributed by atoms with E-state index in [1.54, 1.807) is 39.0 Å². The Labute approximate surface area is 128 Å². The molecule has 0 aliphatic heterocycles. The molecule has 1 aromatic carbocycles. The van der Waals surface area contributed by atoms with E-state index in [4.69, 9.17) is 16.3 Å². The third-order valence-corrected chi connectivity index (χ3v) is 2.91. The molecule has 4 nitrogen and oxygen atoms in total. The molecule has 0 unspecified atom stereocenters. The summed E-state index contributed by atoms with van der Waals surface area (Å²) in [5.41, 5.74) is 0.360. The summed E-state index contributed by atoms with van der Waals surface area (Å²) >= 11 is 5.85. The fourth-order valence-corrected chi connectivity index (χ4v) is 1.83. The highest BCUT2D eigenvalue weighted by atomic mass is 35.5. The zero-order chi connectivity index (χ0) is 16.0. The molecule has 21 heavy (non-hydrogen) atoms. The van der Waals surface area contributed by atoms with Gasteiger partial charge >= 0.3 is 6.09 Å². The van der Waals surface area contributed by atoms with Gasteiger partial charge in [-0.2, -0.15) is 0 Å². The van der Waals surface area contributed by atoms with Crippen LogP contribution in [0.3, 0.4) is 0 Å². The van der Waals surface area contributed by atoms with Crippen molar-refractivity contribution >= 4 is 24.0 Å². The summed E-state index contributed by atoms with van der Waals surface area (Å²) < 4.78 is 17.9. The summed E-state index contributed by atoms with van der Waals surface area (Å²) in [5.74, 6) is 0. The van der Waals surface area contributed by atoms with Gasteiger partial charge in [-0.3, -0.25) is 4.79 Å². The van der Waals surface area contributed by atoms with Crippen LogP contribution < -0.4 is 0 Å². The summed E-state index contributed by atoms with van der Waals surface area (Å²) in [6, 6.07) is 4.83. The van der Waals surface area contributed by atoms with Crippen molar-refractivity contribution in [2.45, 2.75) is 32.9 Å². The number of carbonyl (C=O) groups excluding carboxylic acids is 2. The van der Waals surface area contributed by atoms with E-state index in [0.29, 0.717) is 22.4 Å². The standard InChI is InChI=1S/C15H19ClFNO3/c1-15(2,3)21-14(20)18(7-6-17)9-11-4-5-13(16)12(8-11)10-19/h4-5,8,10H,6-7,9H2,1-3H3. The van der Waals surface area contributed by atoms with Gasteiger partial charge in [-0.1, -0.05) is 17.7 Å². The van der Waals surface area contributed by atoms with Crippen LogP contribution in [0.4, 0.5) is 9.18 Å². The lowest BCUT2D eigenvalue weighted by atomic mass is 10.1. The Hall–Kier alpha value is -1.62. The van der Waals surface area contributed by atoms with E-state index in [9.17, 15) is 14.0 Å². The number of benzene rings is 1. The van der Waals surface area contributed by atoms with Gasteiger partial charge in [0.1, 0.15) is 12.3 Å². The summed E-state index contributed by atoms with van der Waals surface area (Å²) in [6.07, 6.45) is 0.0430. The molecule has 0 N–H and O–H groups in total. The monoisotopic (exact) mass is 315 g/mol. The van der Waals surface area contributed by atoms with Crippen LogP contribution in [0.2, 0.25) is 5.02 Å². The zero-order valence-corrected chi connectivity index (χ0v) is 13.1. The van der Waals surface area contributed by atoms with Crippen molar-refractivity contribution < 1.29 is 18.7 Å². The number of amides is 1. The van der Waals surface area contributed by atoms with Gasteiger partial charge in [0.05, 0.1) is 11.6 Å². The highest BCUT2D eigenvalue weighted by Gasteiger charge is 2.22. The van der Waals surface area contributed by atoms with Gasteiger partial charge in [-0.25, -0.2) is 9.18 Å². The first-order valence-corrected chi connectivity index (χ1v) is 6.92. The smallest absolute Gasteiger partial charge is 0.410 e. The lowest BCUT2D eigenvalue weighted by molar-refractivity contribution is 0.0222. The first kappa shape index (κ1) is 17.4. The zero-order valence-electron chi connectivity index (χ0n) is 12.4. The number of halogens is 2. The number of carbonyl (C=O) groups is 2. The molecule has 1 amide bonds. The molecule has 0 aromatic heterocycles. The summed E-state index contributed by atoms with van der Waals surface area (Å²) in [5, 5.41) is 0.336. The van der Waals surface area contributed by atoms with Gasteiger partial charge in [0.2, 0.25) is 0 Å². The molecule has 0 bridgehead atoms. The van der Waals surface area contributed by atoms with Crippen molar-refractivity contribution in [2.75, 3.05) is 13.2 Å². The van der Waals surface area contributed by atoms with Gasteiger partial charge in [-0.15, -0.1) is 0 Å². The maximum absolute atomic E-state index is 12.6. The van der Waals surface area contributed by atoms with Gasteiger partial charge < -0.3 is 9.64 Å². The average molecular weight is 316 g/mol. The van der Waals surface area contributed by atoms with Crippen LogP contribution in [-0.2, 0) is 11.3 Å². The van der Waals surface area contributed by atoms with E-state index in [-0.39, 0.29) is 13.1 Å². The molecular weight excluding hydrogens is 297 g/mol. The number of alkyl halides is 1. The molecule has 0 radical (unpaired) electrons. The second kappa shape index (κ2) is 7.41. The predicted molar refractivity (Wildman–Crippen MR) is 79.5 cm³/mol. The Morgan fingerprint density at radius 2 is 2.10 bits per heavy atom. The number of hydrogen-bond acceptors (Lipinski definition) is 3. The van der Waals surface area contributed by atoms with Crippen LogP contribution in [0.1, 0.15) is 36.7 Å². The lowest BCUT2D eigenvalue weighted by Crippen LogP contribution is -2.37. The van der Waals surface area contributed by atoms with Crippen molar-refractivity contribution in [3.63, 3.8) is 0 Å². The van der Waals surface area contributed by atoms with Crippen LogP contribution in [-0.4, -0.2) is 36.1 Å². The Balaban J connectivity index is 2.87. The SMILES string of the molecule is CC(C)(C)OC(=O)N(CCF)Cc1ccc(Cl)c(C=O)c1. The molecule has 0 fully saturated rings. The Kier molecular flexibility index (Phi) is 6.15. The molecule has 1 aromatic rings. The second-order valence-electron chi connectivity index (χ2n) is 5.56. The fourth-order valence-electron chi connectivity index (χ4n) is 1.67. The predicted octanol–water partition coefficient (Wildman–Crippen LogP) is 3.86. The van der Waals surface area contributed by atoms with Gasteiger partial charge in [0, 0.05) is 12.1 Å². The first-order chi connectivity index (χ1) is 9.76. The number of rotatable bonds is 5. The molecule has 0 spiro atoms. The number of nitrogens with zero attached hydrogens (tertiary/aromatic N) is 1. The maximum atomic E-state index is 12.6. The van der Waals surface area contributed by atoms with Crippen molar-refractivity contribution in [3.8, 4) is 0 Å². The highest BCUT2D eigenvalue weighted by molar-refractivity contribution is 6.32. The third-order valence-electron chi connectivity index (χ3n) is 2.57. The number of hydrogen-bond donors (Lipinski definition) is 0. The van der Waals surface area contributed by atoms with Crippen molar-refractivity contribution in [1.82, 2.24) is 4.90 Å². The van der Waals surface area contributed by atoms with Crippen molar-refractivity contribution in [2.24, 2.45) is 0 Å².